The van der Waals surface area contributed by atoms with Crippen LogP contribution in [0.2, 0.25) is 0 Å². The van der Waals surface area contributed by atoms with Crippen LogP contribution in [-0.2, 0) is 54.2 Å². The van der Waals surface area contributed by atoms with Crippen LogP contribution in [0.3, 0.4) is 0 Å². The molecule has 0 aliphatic heterocycles. The van der Waals surface area contributed by atoms with Gasteiger partial charge in [-0.3, -0.25) is 22.6 Å². The van der Waals surface area contributed by atoms with Crippen LogP contribution in [0.4, 0.5) is 0 Å². The van der Waals surface area contributed by atoms with Crippen LogP contribution in [0, 0.1) is 0 Å². The molecule has 0 rings (SSSR count). The Morgan fingerprint density at radius 2 is 0.971 bits per heavy atom. The van der Waals surface area contributed by atoms with Gasteiger partial charge >= 0.3 is 29.6 Å². The van der Waals surface area contributed by atoms with Crippen LogP contribution in [0.5, 0.6) is 0 Å². The van der Waals surface area contributed by atoms with Crippen molar-refractivity contribution in [3.8, 4) is 0 Å². The molecule has 0 heterocycles. The monoisotopic (exact) mass is 626 g/mol. The molecule has 0 aromatic heterocycles. The third-order valence-electron chi connectivity index (χ3n) is 2.65. The molecule has 3 N–H and O–H groups in total. The molecule has 0 aliphatic carbocycles. The molecule has 0 unspecified atom stereocenters. The van der Waals surface area contributed by atoms with Gasteiger partial charge in [0.1, 0.15) is 0 Å². The van der Waals surface area contributed by atoms with Crippen LogP contribution in [-0.4, -0.2) is 131 Å². The van der Waals surface area contributed by atoms with E-state index in [9.17, 15) is 38.5 Å². The Bertz CT molecular complexity index is 915. The van der Waals surface area contributed by atoms with E-state index >= 15 is 0 Å². The average molecular weight is 627 g/mol. The quantitative estimate of drug-likeness (QED) is 0.0342. The minimum atomic E-state index is -4.05. The van der Waals surface area contributed by atoms with Crippen molar-refractivity contribution >= 4 is 102 Å². The average Bonchev–Trinajstić information content (AvgIpc) is 2.64. The molecule has 14 nitrogen and oxygen atoms in total. The molecule has 0 amide bonds. The zero-order chi connectivity index (χ0) is 26.6. The van der Waals surface area contributed by atoms with E-state index in [-0.39, 0.29) is 79.3 Å². The van der Waals surface area contributed by atoms with Crippen LogP contribution in [0.15, 0.2) is 0 Å². The van der Waals surface area contributed by atoms with E-state index < -0.39 is 46.2 Å². The van der Waals surface area contributed by atoms with Gasteiger partial charge in [-0.25, -0.2) is 0 Å². The van der Waals surface area contributed by atoms with Gasteiger partial charge in [-0.15, -0.1) is 0 Å². The van der Waals surface area contributed by atoms with Crippen molar-refractivity contribution in [1.29, 1.82) is 0 Å². The van der Waals surface area contributed by atoms with Gasteiger partial charge in [-0.05, 0) is 37.2 Å². The van der Waals surface area contributed by atoms with E-state index in [0.717, 1.165) is 0 Å². The van der Waals surface area contributed by atoms with Crippen LogP contribution in [0.25, 0.3) is 0 Å². The Hall–Kier alpha value is 0.810. The van der Waals surface area contributed by atoms with Crippen LogP contribution < -0.4 is 0 Å². The van der Waals surface area contributed by atoms with Gasteiger partial charge in [0.2, 0.25) is 0 Å². The van der Waals surface area contributed by atoms with Crippen molar-refractivity contribution in [2.75, 3.05) is 47.7 Å². The fourth-order valence-corrected chi connectivity index (χ4v) is 4.55. The summed E-state index contributed by atoms with van der Waals surface area (Å²) in [5.74, 6) is -0.276. The second-order valence-corrected chi connectivity index (χ2v) is 13.1. The van der Waals surface area contributed by atoms with E-state index in [1.165, 1.54) is 0 Å². The summed E-state index contributed by atoms with van der Waals surface area (Å²) in [6, 6.07) is 0. The van der Waals surface area contributed by atoms with Gasteiger partial charge in [0.25, 0.3) is 46.9 Å². The number of hydrogen-bond acceptors (Lipinski definition) is 13. The van der Waals surface area contributed by atoms with E-state index in [1.54, 1.807) is 0 Å². The van der Waals surface area contributed by atoms with E-state index in [2.05, 4.69) is 34.2 Å². The Morgan fingerprint density at radius 1 is 0.618 bits per heavy atom. The van der Waals surface area contributed by atoms with Gasteiger partial charge in [-0.1, -0.05) is 0 Å². The molecular formula is C13H31NaO14S6. The number of hydrogen-bond donors (Lipinski definition) is 5. The van der Waals surface area contributed by atoms with Crippen LogP contribution >= 0.6 is 25.3 Å². The first-order valence-corrected chi connectivity index (χ1v) is 16.6. The standard InChI is InChI=1S/C6H14O6S3.C4H8O5S.C3H8O3S2.Na.H/c7-14(8,9)5-1-3-12-15(10,11)6-2-4-13;5-4-9-2-1-3-10(6,7)8;4-8(5,6)3-1-2-7;;/h13H,1-6H2,(H,7,8,9);4H,1-3H2,(H,6,7,8);7H,1-3H2,(H,4,5,6);;. The van der Waals surface area contributed by atoms with Crippen molar-refractivity contribution in [2.45, 2.75) is 25.7 Å². The molecule has 0 spiro atoms. The van der Waals surface area contributed by atoms with Crippen molar-refractivity contribution in [1.82, 2.24) is 0 Å². The molecule has 0 radical (unpaired) electrons. The molecular weight excluding hydrogens is 596 g/mol. The maximum atomic E-state index is 11.0. The third kappa shape index (κ3) is 46.2. The number of ether oxygens (including phenoxy) is 1. The SMILES string of the molecule is O=COCCCS(=O)(=O)O.O=S(=O)(O)CCCOS(=O)(=O)CCCS.O=S(=O)(O)CCCS.[NaH]. The van der Waals surface area contributed by atoms with Crippen LogP contribution in [0.1, 0.15) is 25.7 Å². The molecule has 0 bridgehead atoms. The first kappa shape index (κ1) is 41.9. The molecule has 0 fully saturated rings. The zero-order valence-electron chi connectivity index (χ0n) is 17.4. The summed E-state index contributed by atoms with van der Waals surface area (Å²) in [6.07, 6.45) is 0.849. The van der Waals surface area contributed by atoms with E-state index in [0.29, 0.717) is 24.3 Å². The minimum absolute atomic E-state index is 0. The van der Waals surface area contributed by atoms with Gasteiger partial charge in [0.05, 0.1) is 36.2 Å². The fraction of sp³-hybridized carbons (Fsp3) is 0.923. The fourth-order valence-electron chi connectivity index (χ4n) is 1.35. The maximum absolute atomic E-state index is 11.0. The number of thiol groups is 2. The number of rotatable bonds is 16. The molecule has 0 aromatic rings. The van der Waals surface area contributed by atoms with E-state index in [4.69, 9.17) is 13.7 Å². The second kappa shape index (κ2) is 23.0. The Balaban J connectivity index is -0.000000207. The predicted molar refractivity (Wildman–Crippen MR) is 134 cm³/mol. The summed E-state index contributed by atoms with van der Waals surface area (Å²) in [5, 5.41) is 0. The summed E-state index contributed by atoms with van der Waals surface area (Å²) in [7, 11) is -15.3. The zero-order valence-corrected chi connectivity index (χ0v) is 22.5. The normalized spacial score (nSPS) is 11.7. The third-order valence-corrected chi connectivity index (χ3v) is 7.02. The van der Waals surface area contributed by atoms with Gasteiger partial charge in [-0.2, -0.15) is 58.9 Å². The summed E-state index contributed by atoms with van der Waals surface area (Å²) < 4.78 is 116. The van der Waals surface area contributed by atoms with Gasteiger partial charge in [0, 0.05) is 0 Å². The molecule has 0 aliphatic rings. The predicted octanol–water partition coefficient (Wildman–Crippen LogP) is -1.09. The van der Waals surface area contributed by atoms with Crippen molar-refractivity contribution < 1.29 is 61.0 Å². The van der Waals surface area contributed by atoms with Crippen molar-refractivity contribution in [2.24, 2.45) is 0 Å². The van der Waals surface area contributed by atoms with Crippen molar-refractivity contribution in [3.63, 3.8) is 0 Å². The summed E-state index contributed by atoms with van der Waals surface area (Å²) >= 11 is 7.60. The van der Waals surface area contributed by atoms with Gasteiger partial charge in [0.15, 0.2) is 0 Å². The Morgan fingerprint density at radius 3 is 1.29 bits per heavy atom. The molecule has 0 saturated carbocycles. The molecule has 21 heteroatoms. The second-order valence-electron chi connectivity index (χ2n) is 5.77. The number of carbonyl (C=O) groups is 1. The molecule has 204 valence electrons. The molecule has 0 aromatic carbocycles. The molecule has 0 saturated heterocycles. The first-order valence-electron chi connectivity index (χ1n) is 8.88. The topological polar surface area (TPSA) is 233 Å². The Labute approximate surface area is 234 Å². The van der Waals surface area contributed by atoms with Gasteiger partial charge < -0.3 is 4.74 Å². The summed E-state index contributed by atoms with van der Waals surface area (Å²) in [6.45, 7) is 0.00196. The first-order chi connectivity index (χ1) is 14.9. The number of carbonyl (C=O) groups excluding carboxylic acids is 1. The van der Waals surface area contributed by atoms with E-state index in [1.807, 2.05) is 0 Å². The summed E-state index contributed by atoms with van der Waals surface area (Å²) in [4.78, 5) is 9.50. The molecule has 34 heavy (non-hydrogen) atoms. The van der Waals surface area contributed by atoms with Crippen molar-refractivity contribution in [3.05, 3.63) is 0 Å². The summed E-state index contributed by atoms with van der Waals surface area (Å²) in [5.41, 5.74) is 0. The molecule has 0 atom stereocenters. The Kier molecular flexibility index (Phi) is 28.3.